The van der Waals surface area contributed by atoms with Crippen LogP contribution in [0.5, 0.6) is 11.5 Å². The van der Waals surface area contributed by atoms with E-state index in [1.165, 1.54) is 6.42 Å². The van der Waals surface area contributed by atoms with E-state index in [2.05, 4.69) is 19.3 Å². The molecule has 1 aromatic rings. The lowest BCUT2D eigenvalue weighted by atomic mass is 10.2. The van der Waals surface area contributed by atoms with Gasteiger partial charge in [0.05, 0.1) is 7.11 Å². The number of rotatable bonds is 6. The van der Waals surface area contributed by atoms with Crippen LogP contribution in [0.2, 0.25) is 0 Å². The van der Waals surface area contributed by atoms with Gasteiger partial charge >= 0.3 is 0 Å². The maximum atomic E-state index is 9.49. The first-order valence-corrected chi connectivity index (χ1v) is 6.86. The van der Waals surface area contributed by atoms with Crippen LogP contribution in [0.15, 0.2) is 23.6 Å². The van der Waals surface area contributed by atoms with E-state index in [-0.39, 0.29) is 5.75 Å². The number of aromatic hydroxyl groups is 1. The summed E-state index contributed by atoms with van der Waals surface area (Å²) in [4.78, 5) is 0. The Morgan fingerprint density at radius 3 is 2.82 bits per heavy atom. The smallest absolute Gasteiger partial charge is 0.123 e. The Labute approximate surface area is 108 Å². The van der Waals surface area contributed by atoms with Gasteiger partial charge in [0, 0.05) is 6.07 Å². The van der Waals surface area contributed by atoms with Crippen LogP contribution in [0, 0.1) is 5.92 Å². The van der Waals surface area contributed by atoms with Crippen molar-refractivity contribution in [2.24, 2.45) is 5.92 Å². The summed E-state index contributed by atoms with van der Waals surface area (Å²) in [5.41, 5.74) is 0.957. The molecule has 1 atom stereocenters. The number of thioether (sulfide) groups is 1. The van der Waals surface area contributed by atoms with Crippen LogP contribution in [0.1, 0.15) is 25.8 Å². The van der Waals surface area contributed by atoms with Crippen molar-refractivity contribution in [3.63, 3.8) is 0 Å². The molecule has 0 spiro atoms. The maximum absolute atomic E-state index is 9.49. The molecule has 0 aliphatic rings. The Morgan fingerprint density at radius 1 is 1.41 bits per heavy atom. The zero-order chi connectivity index (χ0) is 12.7. The molecule has 3 heteroatoms. The number of hydrogen-bond donors (Lipinski definition) is 1. The molecule has 0 heterocycles. The van der Waals surface area contributed by atoms with Crippen LogP contribution in [0.25, 0.3) is 6.08 Å². The number of phenols is 1. The first-order chi connectivity index (χ1) is 8.15. The maximum Gasteiger partial charge on any atom is 0.123 e. The minimum atomic E-state index is 0.232. The first kappa shape index (κ1) is 14.0. The van der Waals surface area contributed by atoms with E-state index in [4.69, 9.17) is 4.74 Å². The molecule has 0 radical (unpaired) electrons. The number of methoxy groups -OCH3 is 1. The van der Waals surface area contributed by atoms with Crippen LogP contribution in [0.3, 0.4) is 0 Å². The van der Waals surface area contributed by atoms with Gasteiger partial charge < -0.3 is 9.84 Å². The van der Waals surface area contributed by atoms with Crippen LogP contribution < -0.4 is 4.74 Å². The molecule has 17 heavy (non-hydrogen) atoms. The van der Waals surface area contributed by atoms with Crippen LogP contribution in [-0.4, -0.2) is 18.0 Å². The molecular formula is C14H20O2S. The molecule has 0 fully saturated rings. The number of benzene rings is 1. The summed E-state index contributed by atoms with van der Waals surface area (Å²) in [5.74, 6) is 2.78. The molecular weight excluding hydrogens is 232 g/mol. The van der Waals surface area contributed by atoms with Crippen molar-refractivity contribution in [3.8, 4) is 11.5 Å². The van der Waals surface area contributed by atoms with Gasteiger partial charge in [0.25, 0.3) is 0 Å². The van der Waals surface area contributed by atoms with E-state index >= 15 is 0 Å². The second-order valence-electron chi connectivity index (χ2n) is 4.11. The van der Waals surface area contributed by atoms with Crippen molar-refractivity contribution < 1.29 is 9.84 Å². The molecule has 0 saturated heterocycles. The lowest BCUT2D eigenvalue weighted by Gasteiger charge is -2.04. The highest BCUT2D eigenvalue weighted by molar-refractivity contribution is 8.02. The molecule has 1 rings (SSSR count). The molecule has 1 unspecified atom stereocenters. The molecule has 0 aliphatic heterocycles. The first-order valence-electron chi connectivity index (χ1n) is 5.82. The Morgan fingerprint density at radius 2 is 2.18 bits per heavy atom. The van der Waals surface area contributed by atoms with Crippen LogP contribution >= 0.6 is 11.8 Å². The summed E-state index contributed by atoms with van der Waals surface area (Å²) in [6, 6.07) is 5.23. The highest BCUT2D eigenvalue weighted by atomic mass is 32.2. The van der Waals surface area contributed by atoms with Gasteiger partial charge in [-0.2, -0.15) is 0 Å². The predicted octanol–water partition coefficient (Wildman–Crippen LogP) is 4.15. The third kappa shape index (κ3) is 5.18. The van der Waals surface area contributed by atoms with E-state index in [0.717, 1.165) is 17.2 Å². The summed E-state index contributed by atoms with van der Waals surface area (Å²) < 4.78 is 5.10. The fourth-order valence-corrected chi connectivity index (χ4v) is 2.21. The number of phenolic OH excluding ortho intramolecular Hbond substituents is 1. The summed E-state index contributed by atoms with van der Waals surface area (Å²) in [7, 11) is 1.60. The SMILES string of the molecule is CCC(C)CSC=Cc1cc(O)cc(OC)c1. The molecule has 2 nitrogen and oxygen atoms in total. The Hall–Kier alpha value is -1.09. The summed E-state index contributed by atoms with van der Waals surface area (Å²) in [6.07, 6.45) is 3.20. The average Bonchev–Trinajstić information content (AvgIpc) is 2.33. The van der Waals surface area contributed by atoms with Crippen molar-refractivity contribution in [2.75, 3.05) is 12.9 Å². The van der Waals surface area contributed by atoms with Crippen molar-refractivity contribution in [2.45, 2.75) is 20.3 Å². The van der Waals surface area contributed by atoms with Gasteiger partial charge in [-0.1, -0.05) is 20.3 Å². The second kappa shape index (κ2) is 7.28. The van der Waals surface area contributed by atoms with Crippen molar-refractivity contribution >= 4 is 17.8 Å². The van der Waals surface area contributed by atoms with Gasteiger partial charge in [0.15, 0.2) is 0 Å². The van der Waals surface area contributed by atoms with E-state index in [1.807, 2.05) is 12.1 Å². The molecule has 94 valence electrons. The minimum absolute atomic E-state index is 0.232. The third-order valence-corrected chi connectivity index (χ3v) is 3.67. The van der Waals surface area contributed by atoms with E-state index in [0.29, 0.717) is 5.75 Å². The van der Waals surface area contributed by atoms with Crippen molar-refractivity contribution in [1.29, 1.82) is 0 Å². The van der Waals surface area contributed by atoms with Crippen molar-refractivity contribution in [1.82, 2.24) is 0 Å². The van der Waals surface area contributed by atoms with E-state index in [1.54, 1.807) is 31.0 Å². The molecule has 1 aromatic carbocycles. The highest BCUT2D eigenvalue weighted by Crippen LogP contribution is 2.23. The highest BCUT2D eigenvalue weighted by Gasteiger charge is 1.98. The topological polar surface area (TPSA) is 29.5 Å². The molecule has 0 saturated carbocycles. The fraction of sp³-hybridized carbons (Fsp3) is 0.429. The fourth-order valence-electron chi connectivity index (χ4n) is 1.28. The Balaban J connectivity index is 2.55. The van der Waals surface area contributed by atoms with Gasteiger partial charge in [-0.25, -0.2) is 0 Å². The lowest BCUT2D eigenvalue weighted by molar-refractivity contribution is 0.407. The quantitative estimate of drug-likeness (QED) is 0.824. The van der Waals surface area contributed by atoms with Gasteiger partial charge in [-0.15, -0.1) is 11.8 Å². The van der Waals surface area contributed by atoms with Crippen LogP contribution in [-0.2, 0) is 0 Å². The molecule has 1 N–H and O–H groups in total. The van der Waals surface area contributed by atoms with Crippen molar-refractivity contribution in [3.05, 3.63) is 29.2 Å². The standard InChI is InChI=1S/C14H20O2S/c1-4-11(2)10-17-6-5-12-7-13(15)9-14(8-12)16-3/h5-9,11,15H,4,10H2,1-3H3. The lowest BCUT2D eigenvalue weighted by Crippen LogP contribution is -1.93. The third-order valence-electron chi connectivity index (χ3n) is 2.58. The summed E-state index contributed by atoms with van der Waals surface area (Å²) in [5, 5.41) is 11.6. The minimum Gasteiger partial charge on any atom is -0.508 e. The average molecular weight is 252 g/mol. The summed E-state index contributed by atoms with van der Waals surface area (Å²) in [6.45, 7) is 4.45. The van der Waals surface area contributed by atoms with E-state index < -0.39 is 0 Å². The van der Waals surface area contributed by atoms with Gasteiger partial charge in [-0.05, 0) is 40.9 Å². The zero-order valence-corrected chi connectivity index (χ0v) is 11.5. The monoisotopic (exact) mass is 252 g/mol. The van der Waals surface area contributed by atoms with E-state index in [9.17, 15) is 5.11 Å². The Kier molecular flexibility index (Phi) is 5.98. The van der Waals surface area contributed by atoms with Gasteiger partial charge in [0.1, 0.15) is 11.5 Å². The second-order valence-corrected chi connectivity index (χ2v) is 5.05. The zero-order valence-electron chi connectivity index (χ0n) is 10.6. The number of hydrogen-bond acceptors (Lipinski definition) is 3. The normalized spacial score (nSPS) is 12.9. The molecule has 0 bridgehead atoms. The predicted molar refractivity (Wildman–Crippen MR) is 75.6 cm³/mol. The van der Waals surface area contributed by atoms with Crippen LogP contribution in [0.4, 0.5) is 0 Å². The van der Waals surface area contributed by atoms with Gasteiger partial charge in [0.2, 0.25) is 0 Å². The molecule has 0 aliphatic carbocycles. The molecule has 0 amide bonds. The largest absolute Gasteiger partial charge is 0.508 e. The van der Waals surface area contributed by atoms with Gasteiger partial charge in [-0.3, -0.25) is 0 Å². The number of ether oxygens (including phenoxy) is 1. The summed E-state index contributed by atoms with van der Waals surface area (Å²) >= 11 is 1.80. The Bertz CT molecular complexity index is 374. The molecule has 0 aromatic heterocycles.